The van der Waals surface area contributed by atoms with Gasteiger partial charge < -0.3 is 20.7 Å². The molecular weight excluding hydrogens is 489 g/mol. The molecule has 0 bridgehead atoms. The van der Waals surface area contributed by atoms with Crippen molar-refractivity contribution in [2.45, 2.75) is 43.5 Å². The second-order valence-corrected chi connectivity index (χ2v) is 10.4. The number of hydrogen-bond acceptors (Lipinski definition) is 11. The smallest absolute Gasteiger partial charge is 0.387 e. The minimum Gasteiger partial charge on any atom is -0.387 e. The fourth-order valence-corrected chi connectivity index (χ4v) is 5.69. The summed E-state index contributed by atoms with van der Waals surface area (Å²) in [6, 6.07) is 7.03. The van der Waals surface area contributed by atoms with Gasteiger partial charge in [0.2, 0.25) is 0 Å². The van der Waals surface area contributed by atoms with Crippen LogP contribution in [0, 0.1) is 0 Å². The van der Waals surface area contributed by atoms with Crippen molar-refractivity contribution >= 4 is 36.4 Å². The highest BCUT2D eigenvalue weighted by Gasteiger charge is 2.54. The van der Waals surface area contributed by atoms with Gasteiger partial charge in [-0.2, -0.15) is 0 Å². The number of halogens is 1. The summed E-state index contributed by atoms with van der Waals surface area (Å²) in [6.07, 6.45) is -0.956. The van der Waals surface area contributed by atoms with Crippen LogP contribution in [0.3, 0.4) is 0 Å². The minimum absolute atomic E-state index is 0.144. The zero-order valence-electron chi connectivity index (χ0n) is 18.0. The SMILES string of the molecule is C[C@@]1(O)[C@H](O)[C@@H](CO[P@@]2(=O)OCC[C@H](c3cccc(Cl)c3)O2)O[C@H]1n1cnc2c(N)ncnc21. The quantitative estimate of drug-likeness (QED) is 0.430. The molecule has 0 saturated carbocycles. The molecule has 182 valence electrons. The van der Waals surface area contributed by atoms with E-state index in [0.29, 0.717) is 22.6 Å². The Bertz CT molecular complexity index is 1260. The molecule has 0 unspecified atom stereocenters. The first-order chi connectivity index (χ1) is 16.2. The third-order valence-electron chi connectivity index (χ3n) is 5.90. The average Bonchev–Trinajstić information content (AvgIpc) is 3.32. The third kappa shape index (κ3) is 4.21. The van der Waals surface area contributed by atoms with Gasteiger partial charge in [0.1, 0.15) is 29.7 Å². The van der Waals surface area contributed by atoms with E-state index in [4.69, 9.17) is 35.6 Å². The number of hydrogen-bond donors (Lipinski definition) is 3. The molecule has 4 N–H and O–H groups in total. The van der Waals surface area contributed by atoms with Crippen LogP contribution in [0.5, 0.6) is 0 Å². The molecule has 14 heteroatoms. The standard InChI is InChI=1S/C20H23ClN5O7P/c1-20(28)16(27)14(32-19(20)26-10-25-15-17(22)23-9-24-18(15)26)8-31-34(29)30-6-5-13(33-34)11-3-2-4-12(21)7-11/h2-4,7,9-10,13-14,16,19,27-28H,5-6,8H2,1H3,(H2,22,23,24)/t13-,14-,16-,19-,20-,34-/m1/s1. The molecule has 3 aromatic rings. The summed E-state index contributed by atoms with van der Waals surface area (Å²) in [6.45, 7) is 1.19. The number of aromatic nitrogens is 4. The Morgan fingerprint density at radius 1 is 1.38 bits per heavy atom. The lowest BCUT2D eigenvalue weighted by atomic mass is 9.96. The molecule has 2 aromatic heterocycles. The van der Waals surface area contributed by atoms with E-state index in [9.17, 15) is 14.8 Å². The van der Waals surface area contributed by atoms with Crippen LogP contribution in [-0.2, 0) is 22.9 Å². The topological polar surface area (TPSA) is 164 Å². The molecule has 5 rings (SSSR count). The first-order valence-corrected chi connectivity index (χ1v) is 12.3. The van der Waals surface area contributed by atoms with Gasteiger partial charge in [0.25, 0.3) is 0 Å². The summed E-state index contributed by atoms with van der Waals surface area (Å²) in [5.74, 6) is 0.167. The van der Waals surface area contributed by atoms with Crippen LogP contribution in [-0.4, -0.2) is 60.8 Å². The van der Waals surface area contributed by atoms with E-state index in [1.54, 1.807) is 18.2 Å². The van der Waals surface area contributed by atoms with Gasteiger partial charge in [-0.25, -0.2) is 19.5 Å². The van der Waals surface area contributed by atoms with Gasteiger partial charge in [0.05, 0.1) is 25.6 Å². The molecule has 4 heterocycles. The second-order valence-electron chi connectivity index (χ2n) is 8.29. The van der Waals surface area contributed by atoms with Gasteiger partial charge in [0, 0.05) is 11.4 Å². The Balaban J connectivity index is 1.31. The van der Waals surface area contributed by atoms with Crippen molar-refractivity contribution in [3.05, 3.63) is 47.5 Å². The van der Waals surface area contributed by atoms with Crippen molar-refractivity contribution < 1.29 is 33.1 Å². The Morgan fingerprint density at radius 3 is 3.00 bits per heavy atom. The summed E-state index contributed by atoms with van der Waals surface area (Å²) in [4.78, 5) is 12.2. The van der Waals surface area contributed by atoms with Crippen LogP contribution in [0.15, 0.2) is 36.9 Å². The van der Waals surface area contributed by atoms with E-state index in [-0.39, 0.29) is 19.0 Å². The van der Waals surface area contributed by atoms with Crippen molar-refractivity contribution in [2.75, 3.05) is 18.9 Å². The van der Waals surface area contributed by atoms with E-state index >= 15 is 0 Å². The van der Waals surface area contributed by atoms with Gasteiger partial charge in [-0.1, -0.05) is 23.7 Å². The van der Waals surface area contributed by atoms with Gasteiger partial charge in [0.15, 0.2) is 17.7 Å². The van der Waals surface area contributed by atoms with Crippen LogP contribution >= 0.6 is 19.4 Å². The fourth-order valence-electron chi connectivity index (χ4n) is 4.10. The van der Waals surface area contributed by atoms with E-state index < -0.39 is 38.0 Å². The molecule has 0 radical (unpaired) electrons. The van der Waals surface area contributed by atoms with Crippen LogP contribution in [0.2, 0.25) is 5.02 Å². The first kappa shape index (κ1) is 23.6. The number of nitrogens with two attached hydrogens (primary N) is 1. The number of rotatable bonds is 5. The molecule has 2 fully saturated rings. The Labute approximate surface area is 199 Å². The number of nitrogen functional groups attached to an aromatic ring is 1. The molecule has 0 amide bonds. The van der Waals surface area contributed by atoms with Crippen LogP contribution in [0.1, 0.15) is 31.2 Å². The molecule has 2 saturated heterocycles. The molecule has 2 aliphatic heterocycles. The molecule has 2 aliphatic rings. The van der Waals surface area contributed by atoms with Gasteiger partial charge >= 0.3 is 7.82 Å². The van der Waals surface area contributed by atoms with Gasteiger partial charge in [-0.3, -0.25) is 18.1 Å². The van der Waals surface area contributed by atoms with Crippen molar-refractivity contribution in [1.29, 1.82) is 0 Å². The van der Waals surface area contributed by atoms with Crippen LogP contribution in [0.4, 0.5) is 5.82 Å². The van der Waals surface area contributed by atoms with E-state index in [2.05, 4.69) is 15.0 Å². The highest BCUT2D eigenvalue weighted by molar-refractivity contribution is 7.48. The van der Waals surface area contributed by atoms with Crippen molar-refractivity contribution in [2.24, 2.45) is 0 Å². The maximum atomic E-state index is 13.1. The van der Waals surface area contributed by atoms with Crippen molar-refractivity contribution in [3.8, 4) is 0 Å². The normalized spacial score (nSPS) is 34.0. The zero-order valence-corrected chi connectivity index (χ0v) is 19.7. The molecule has 6 atom stereocenters. The van der Waals surface area contributed by atoms with Crippen molar-refractivity contribution in [1.82, 2.24) is 19.5 Å². The van der Waals surface area contributed by atoms with E-state index in [1.165, 1.54) is 24.1 Å². The summed E-state index contributed by atoms with van der Waals surface area (Å²) in [5, 5.41) is 22.3. The Morgan fingerprint density at radius 2 is 2.21 bits per heavy atom. The lowest BCUT2D eigenvalue weighted by molar-refractivity contribution is -0.0953. The molecule has 0 aliphatic carbocycles. The minimum atomic E-state index is -3.97. The summed E-state index contributed by atoms with van der Waals surface area (Å²) in [5.41, 5.74) is 5.47. The highest BCUT2D eigenvalue weighted by atomic mass is 35.5. The number of phosphoric ester groups is 1. The Kier molecular flexibility index (Phi) is 6.11. The predicted octanol–water partition coefficient (Wildman–Crippen LogP) is 2.37. The fraction of sp³-hybridized carbons (Fsp3) is 0.450. The molecule has 1 aromatic carbocycles. The van der Waals surface area contributed by atoms with E-state index in [0.717, 1.165) is 5.56 Å². The number of ether oxygens (including phenoxy) is 1. The van der Waals surface area contributed by atoms with Gasteiger partial charge in [-0.15, -0.1) is 0 Å². The molecule has 12 nitrogen and oxygen atoms in total. The highest BCUT2D eigenvalue weighted by Crippen LogP contribution is 2.57. The molecule has 34 heavy (non-hydrogen) atoms. The number of nitrogens with zero attached hydrogens (tertiary/aromatic N) is 4. The first-order valence-electron chi connectivity index (χ1n) is 10.5. The lowest BCUT2D eigenvalue weighted by Crippen LogP contribution is -2.44. The number of fused-ring (bicyclic) bond motifs is 1. The number of benzene rings is 1. The van der Waals surface area contributed by atoms with Crippen LogP contribution in [0.25, 0.3) is 11.2 Å². The zero-order chi connectivity index (χ0) is 24.1. The number of anilines is 1. The van der Waals surface area contributed by atoms with Crippen LogP contribution < -0.4 is 5.73 Å². The van der Waals surface area contributed by atoms with E-state index in [1.807, 2.05) is 6.07 Å². The largest absolute Gasteiger partial charge is 0.475 e. The monoisotopic (exact) mass is 511 g/mol. The predicted molar refractivity (Wildman–Crippen MR) is 120 cm³/mol. The lowest BCUT2D eigenvalue weighted by Gasteiger charge is -2.30. The number of imidazole rings is 1. The Hall–Kier alpha value is -2.15. The summed E-state index contributed by atoms with van der Waals surface area (Å²) >= 11 is 6.05. The number of aliphatic hydroxyl groups excluding tert-OH is 1. The third-order valence-corrected chi connectivity index (χ3v) is 7.61. The molecular formula is C20H23ClN5O7P. The van der Waals surface area contributed by atoms with Crippen molar-refractivity contribution in [3.63, 3.8) is 0 Å². The second kappa shape index (κ2) is 8.81. The average molecular weight is 512 g/mol. The number of aliphatic hydroxyl groups is 2. The molecule has 0 spiro atoms. The van der Waals surface area contributed by atoms with Gasteiger partial charge in [-0.05, 0) is 24.6 Å². The number of phosphoric acid groups is 1. The maximum absolute atomic E-state index is 13.1. The summed E-state index contributed by atoms with van der Waals surface area (Å²) < 4.78 is 36.9. The maximum Gasteiger partial charge on any atom is 0.475 e. The summed E-state index contributed by atoms with van der Waals surface area (Å²) in [7, 11) is -3.97.